The Bertz CT molecular complexity index is 983. The molecule has 3 heterocycles. The zero-order valence-corrected chi connectivity index (χ0v) is 16.1. The van der Waals surface area contributed by atoms with Gasteiger partial charge in [-0.1, -0.05) is 30.0 Å². The number of amides is 3. The Kier molecular flexibility index (Phi) is 4.58. The van der Waals surface area contributed by atoms with E-state index < -0.39 is 17.9 Å². The Balaban J connectivity index is 1.61. The van der Waals surface area contributed by atoms with Crippen LogP contribution in [0.5, 0.6) is 5.75 Å². The first-order valence-electron chi connectivity index (χ1n) is 7.92. The summed E-state index contributed by atoms with van der Waals surface area (Å²) in [5, 5.41) is 11.3. The van der Waals surface area contributed by atoms with Crippen molar-refractivity contribution in [2.75, 3.05) is 4.90 Å². The zero-order valence-electron chi connectivity index (χ0n) is 13.7. The normalized spacial score (nSPS) is 21.8. The molecule has 2 aromatic rings. The predicted molar refractivity (Wildman–Crippen MR) is 108 cm³/mol. The van der Waals surface area contributed by atoms with Gasteiger partial charge in [-0.2, -0.15) is 0 Å². The lowest BCUT2D eigenvalue weighted by atomic mass is 10.2. The summed E-state index contributed by atoms with van der Waals surface area (Å²) in [5.41, 5.74) is 0.352. The third kappa shape index (κ3) is 3.18. The van der Waals surface area contributed by atoms with E-state index in [1.165, 1.54) is 40.5 Å². The number of thiocarbonyl (C=S) groups is 1. The Morgan fingerprint density at radius 3 is 2.56 bits per heavy atom. The maximum absolute atomic E-state index is 12.9. The minimum atomic E-state index is -0.951. The molecule has 9 heteroatoms. The van der Waals surface area contributed by atoms with Crippen molar-refractivity contribution in [3.63, 3.8) is 0 Å². The number of rotatable bonds is 3. The van der Waals surface area contributed by atoms with Gasteiger partial charge in [-0.25, -0.2) is 4.90 Å². The molecule has 0 bridgehead atoms. The molecule has 1 atom stereocenters. The molecule has 1 aromatic heterocycles. The van der Waals surface area contributed by atoms with E-state index >= 15 is 0 Å². The number of carbonyl (C=O) groups excluding carboxylic acids is 3. The van der Waals surface area contributed by atoms with E-state index in [2.05, 4.69) is 0 Å². The first kappa shape index (κ1) is 17.9. The molecule has 0 spiro atoms. The molecule has 6 nitrogen and oxygen atoms in total. The summed E-state index contributed by atoms with van der Waals surface area (Å²) in [6.07, 6.45) is 1.61. The second-order valence-electron chi connectivity index (χ2n) is 5.87. The minimum Gasteiger partial charge on any atom is -0.508 e. The van der Waals surface area contributed by atoms with E-state index in [9.17, 15) is 19.5 Å². The van der Waals surface area contributed by atoms with Crippen molar-refractivity contribution in [1.82, 2.24) is 4.90 Å². The predicted octanol–water partition coefficient (Wildman–Crippen LogP) is 2.99. The van der Waals surface area contributed by atoms with Gasteiger partial charge in [0.1, 0.15) is 16.1 Å². The fourth-order valence-corrected chi connectivity index (χ4v) is 5.02. The second-order valence-corrected chi connectivity index (χ2v) is 8.53. The molecule has 2 saturated heterocycles. The Morgan fingerprint density at radius 2 is 1.89 bits per heavy atom. The average Bonchev–Trinajstić information content (AvgIpc) is 3.30. The Labute approximate surface area is 168 Å². The quantitative estimate of drug-likeness (QED) is 0.471. The summed E-state index contributed by atoms with van der Waals surface area (Å²) in [7, 11) is 0. The molecule has 136 valence electrons. The molecule has 0 aliphatic carbocycles. The highest BCUT2D eigenvalue weighted by molar-refractivity contribution is 8.26. The number of hydrogen-bond donors (Lipinski definition) is 1. The van der Waals surface area contributed by atoms with Crippen LogP contribution in [-0.4, -0.2) is 38.1 Å². The largest absolute Gasteiger partial charge is 0.508 e. The molecule has 1 N–H and O–H groups in total. The summed E-state index contributed by atoms with van der Waals surface area (Å²) in [6, 6.07) is 8.57. The highest BCUT2D eigenvalue weighted by Gasteiger charge is 2.48. The molecule has 3 amide bonds. The van der Waals surface area contributed by atoms with Crippen LogP contribution in [0.25, 0.3) is 6.08 Å². The van der Waals surface area contributed by atoms with Crippen LogP contribution in [0.3, 0.4) is 0 Å². The van der Waals surface area contributed by atoms with E-state index in [0.29, 0.717) is 10.6 Å². The first-order chi connectivity index (χ1) is 13.0. The average molecular weight is 417 g/mol. The molecule has 27 heavy (non-hydrogen) atoms. The van der Waals surface area contributed by atoms with Crippen molar-refractivity contribution >= 4 is 69.1 Å². The lowest BCUT2D eigenvalue weighted by molar-refractivity contribution is -0.129. The third-order valence-corrected chi connectivity index (χ3v) is 6.33. The fraction of sp³-hybridized carbons (Fsp3) is 0.111. The summed E-state index contributed by atoms with van der Waals surface area (Å²) >= 11 is 7.93. The number of carbonyl (C=O) groups is 3. The molecule has 1 aromatic carbocycles. The van der Waals surface area contributed by atoms with E-state index in [1.54, 1.807) is 6.08 Å². The number of anilines is 1. The van der Waals surface area contributed by atoms with Crippen molar-refractivity contribution < 1.29 is 19.5 Å². The summed E-state index contributed by atoms with van der Waals surface area (Å²) in [4.78, 5) is 41.7. The van der Waals surface area contributed by atoms with Gasteiger partial charge in [-0.15, -0.1) is 11.3 Å². The SMILES string of the molecule is O=C1C[C@H](N2C(=O)/C(=C/c3cccs3)SC2=S)C(=O)N1c1ccc(O)cc1. The monoisotopic (exact) mass is 416 g/mol. The minimum absolute atomic E-state index is 0.0325. The van der Waals surface area contributed by atoms with E-state index in [0.717, 1.165) is 21.5 Å². The number of imide groups is 1. The second kappa shape index (κ2) is 6.91. The van der Waals surface area contributed by atoms with Crippen molar-refractivity contribution in [2.24, 2.45) is 0 Å². The van der Waals surface area contributed by atoms with Crippen LogP contribution < -0.4 is 4.90 Å². The Morgan fingerprint density at radius 1 is 1.15 bits per heavy atom. The van der Waals surface area contributed by atoms with Gasteiger partial charge < -0.3 is 5.11 Å². The maximum Gasteiger partial charge on any atom is 0.266 e. The number of thioether (sulfide) groups is 1. The van der Waals surface area contributed by atoms with Crippen molar-refractivity contribution in [1.29, 1.82) is 0 Å². The van der Waals surface area contributed by atoms with Crippen LogP contribution in [0, 0.1) is 0 Å². The van der Waals surface area contributed by atoms with Crippen LogP contribution in [0.4, 0.5) is 5.69 Å². The van der Waals surface area contributed by atoms with Gasteiger partial charge >= 0.3 is 0 Å². The maximum atomic E-state index is 12.9. The van der Waals surface area contributed by atoms with Crippen LogP contribution in [0.2, 0.25) is 0 Å². The number of thiophene rings is 1. The third-order valence-electron chi connectivity index (χ3n) is 4.18. The number of aromatic hydroxyl groups is 1. The van der Waals surface area contributed by atoms with Gasteiger partial charge in [0.15, 0.2) is 0 Å². The smallest absolute Gasteiger partial charge is 0.266 e. The molecule has 0 saturated carbocycles. The van der Waals surface area contributed by atoms with Crippen LogP contribution >= 0.6 is 35.3 Å². The standard InChI is InChI=1S/C18H12N2O4S3/c21-11-5-3-10(4-6-11)19-15(22)9-13(16(19)23)20-17(24)14(27-18(20)25)8-12-2-1-7-26-12/h1-8,13,21H,9H2/b14-8-/t13-/m0/s1. The van der Waals surface area contributed by atoms with E-state index in [1.807, 2.05) is 17.5 Å². The molecule has 0 unspecified atom stereocenters. The van der Waals surface area contributed by atoms with Gasteiger partial charge in [-0.3, -0.25) is 19.3 Å². The van der Waals surface area contributed by atoms with Crippen molar-refractivity contribution in [3.05, 3.63) is 51.6 Å². The van der Waals surface area contributed by atoms with Crippen molar-refractivity contribution in [3.8, 4) is 5.75 Å². The van der Waals surface area contributed by atoms with Gasteiger partial charge in [0, 0.05) is 4.88 Å². The van der Waals surface area contributed by atoms with Crippen LogP contribution in [0.15, 0.2) is 46.7 Å². The lowest BCUT2D eigenvalue weighted by Crippen LogP contribution is -2.44. The fourth-order valence-electron chi connectivity index (χ4n) is 2.94. The summed E-state index contributed by atoms with van der Waals surface area (Å²) < 4.78 is 0.265. The van der Waals surface area contributed by atoms with Crippen molar-refractivity contribution in [2.45, 2.75) is 12.5 Å². The highest BCUT2D eigenvalue weighted by atomic mass is 32.2. The van der Waals surface area contributed by atoms with Gasteiger partial charge in [-0.05, 0) is 41.8 Å². The van der Waals surface area contributed by atoms with E-state index in [4.69, 9.17) is 12.2 Å². The number of hydrogen-bond acceptors (Lipinski definition) is 7. The number of phenolic OH excluding ortho intramolecular Hbond substituents is 1. The summed E-state index contributed by atoms with van der Waals surface area (Å²) in [6.45, 7) is 0. The van der Waals surface area contributed by atoms with Gasteiger partial charge in [0.05, 0.1) is 17.0 Å². The summed E-state index contributed by atoms with van der Waals surface area (Å²) in [5.74, 6) is -1.24. The van der Waals surface area contributed by atoms with Gasteiger partial charge in [0.2, 0.25) is 5.91 Å². The van der Waals surface area contributed by atoms with E-state index in [-0.39, 0.29) is 22.4 Å². The molecule has 2 aliphatic heterocycles. The molecule has 2 fully saturated rings. The molecular weight excluding hydrogens is 404 g/mol. The number of phenols is 1. The van der Waals surface area contributed by atoms with Crippen LogP contribution in [-0.2, 0) is 14.4 Å². The van der Waals surface area contributed by atoms with Crippen LogP contribution in [0.1, 0.15) is 11.3 Å². The first-order valence-corrected chi connectivity index (χ1v) is 10.0. The van der Waals surface area contributed by atoms with Gasteiger partial charge in [0.25, 0.3) is 11.8 Å². The zero-order chi connectivity index (χ0) is 19.1. The molecule has 0 radical (unpaired) electrons. The molecular formula is C18H12N2O4S3. The molecule has 4 rings (SSSR count). The topological polar surface area (TPSA) is 77.9 Å². The molecule has 2 aliphatic rings. The lowest BCUT2D eigenvalue weighted by Gasteiger charge is -2.21. The number of nitrogens with zero attached hydrogens (tertiary/aromatic N) is 2. The highest BCUT2D eigenvalue weighted by Crippen LogP contribution is 2.37. The Hall–Kier alpha value is -2.49. The number of benzene rings is 1.